The van der Waals surface area contributed by atoms with E-state index in [1.165, 1.54) is 0 Å². The molecule has 0 saturated carbocycles. The maximum atomic E-state index is 8.98. The molecule has 0 aliphatic rings. The largest absolute Gasteiger partial charge is 0.395 e. The molecule has 1 heterocycles. The van der Waals surface area contributed by atoms with Gasteiger partial charge in [-0.15, -0.1) is 0 Å². The fourth-order valence-corrected chi connectivity index (χ4v) is 2.54. The maximum absolute atomic E-state index is 8.98. The molecule has 2 aromatic rings. The molecule has 0 saturated heterocycles. The van der Waals surface area contributed by atoms with Crippen LogP contribution in [0.15, 0.2) is 34.9 Å². The first-order valence-corrected chi connectivity index (χ1v) is 7.65. The summed E-state index contributed by atoms with van der Waals surface area (Å²) in [5, 5.41) is 13.6. The van der Waals surface area contributed by atoms with Crippen molar-refractivity contribution in [1.29, 1.82) is 0 Å². The molecule has 0 fully saturated rings. The minimum Gasteiger partial charge on any atom is -0.395 e. The second-order valence-electron chi connectivity index (χ2n) is 4.60. The standard InChI is InChI=1S/C15H20BrN3O/c1-2-19(9-10-20)8-7-18-14-5-6-17-15-11-12(16)3-4-13(14)15/h3-6,11,20H,2,7-10H2,1H3,(H,17,18). The van der Waals surface area contributed by atoms with Gasteiger partial charge in [-0.3, -0.25) is 9.88 Å². The zero-order valence-corrected chi connectivity index (χ0v) is 13.2. The zero-order valence-electron chi connectivity index (χ0n) is 11.6. The van der Waals surface area contributed by atoms with E-state index in [1.807, 2.05) is 24.4 Å². The molecule has 20 heavy (non-hydrogen) atoms. The van der Waals surface area contributed by atoms with E-state index in [2.05, 4.69) is 44.1 Å². The Morgan fingerprint density at radius 1 is 1.30 bits per heavy atom. The number of pyridine rings is 1. The van der Waals surface area contributed by atoms with Gasteiger partial charge in [-0.25, -0.2) is 0 Å². The van der Waals surface area contributed by atoms with Gasteiger partial charge in [0.05, 0.1) is 12.1 Å². The first-order valence-electron chi connectivity index (χ1n) is 6.86. The van der Waals surface area contributed by atoms with Gasteiger partial charge in [0.2, 0.25) is 0 Å². The van der Waals surface area contributed by atoms with Gasteiger partial charge in [0, 0.05) is 41.4 Å². The van der Waals surface area contributed by atoms with Crippen LogP contribution in [0.1, 0.15) is 6.92 Å². The second-order valence-corrected chi connectivity index (χ2v) is 5.52. The number of likely N-dealkylation sites (N-methyl/N-ethyl adjacent to an activating group) is 1. The summed E-state index contributed by atoms with van der Waals surface area (Å²) in [6.45, 7) is 5.75. The molecule has 0 aliphatic carbocycles. The Kier molecular flexibility index (Phi) is 5.76. The van der Waals surface area contributed by atoms with E-state index in [9.17, 15) is 0 Å². The number of nitrogens with one attached hydrogen (secondary N) is 1. The number of hydrogen-bond acceptors (Lipinski definition) is 4. The number of fused-ring (bicyclic) bond motifs is 1. The predicted molar refractivity (Wildman–Crippen MR) is 87.1 cm³/mol. The van der Waals surface area contributed by atoms with Crippen LogP contribution in [0.3, 0.4) is 0 Å². The third kappa shape index (κ3) is 3.91. The highest BCUT2D eigenvalue weighted by atomic mass is 79.9. The summed E-state index contributed by atoms with van der Waals surface area (Å²) in [5.74, 6) is 0. The molecule has 0 radical (unpaired) electrons. The van der Waals surface area contributed by atoms with Crippen LogP contribution >= 0.6 is 15.9 Å². The molecule has 4 nitrogen and oxygen atoms in total. The van der Waals surface area contributed by atoms with Crippen molar-refractivity contribution in [2.24, 2.45) is 0 Å². The number of halogens is 1. The minimum atomic E-state index is 0.208. The molecule has 2 rings (SSSR count). The zero-order chi connectivity index (χ0) is 14.4. The lowest BCUT2D eigenvalue weighted by molar-refractivity contribution is 0.206. The third-order valence-electron chi connectivity index (χ3n) is 3.31. The number of benzene rings is 1. The van der Waals surface area contributed by atoms with Crippen molar-refractivity contribution in [2.45, 2.75) is 6.92 Å². The van der Waals surface area contributed by atoms with Gasteiger partial charge >= 0.3 is 0 Å². The number of aromatic nitrogens is 1. The molecule has 0 aliphatic heterocycles. The Morgan fingerprint density at radius 2 is 2.15 bits per heavy atom. The summed E-state index contributed by atoms with van der Waals surface area (Å²) in [4.78, 5) is 6.59. The Balaban J connectivity index is 2.03. The van der Waals surface area contributed by atoms with Crippen LogP contribution in [-0.4, -0.2) is 47.8 Å². The van der Waals surface area contributed by atoms with Gasteiger partial charge in [0.25, 0.3) is 0 Å². The smallest absolute Gasteiger partial charge is 0.0733 e. The van der Waals surface area contributed by atoms with Gasteiger partial charge in [0.15, 0.2) is 0 Å². The molecule has 1 aromatic carbocycles. The SMILES string of the molecule is CCN(CCO)CCNc1ccnc2cc(Br)ccc12. The van der Waals surface area contributed by atoms with E-state index >= 15 is 0 Å². The lowest BCUT2D eigenvalue weighted by Gasteiger charge is -2.19. The highest BCUT2D eigenvalue weighted by Crippen LogP contribution is 2.24. The summed E-state index contributed by atoms with van der Waals surface area (Å²) >= 11 is 3.46. The molecule has 0 unspecified atom stereocenters. The number of aliphatic hydroxyl groups excluding tert-OH is 1. The van der Waals surface area contributed by atoms with E-state index in [-0.39, 0.29) is 6.61 Å². The Hall–Kier alpha value is -1.17. The topological polar surface area (TPSA) is 48.4 Å². The molecule has 0 atom stereocenters. The summed E-state index contributed by atoms with van der Waals surface area (Å²) in [5.41, 5.74) is 2.08. The number of aliphatic hydroxyl groups is 1. The van der Waals surface area contributed by atoms with Crippen molar-refractivity contribution in [3.63, 3.8) is 0 Å². The lowest BCUT2D eigenvalue weighted by atomic mass is 10.2. The summed E-state index contributed by atoms with van der Waals surface area (Å²) in [6, 6.07) is 8.11. The van der Waals surface area contributed by atoms with Gasteiger partial charge in [-0.05, 0) is 30.8 Å². The Morgan fingerprint density at radius 3 is 2.90 bits per heavy atom. The highest BCUT2D eigenvalue weighted by Gasteiger charge is 2.04. The number of nitrogens with zero attached hydrogens (tertiary/aromatic N) is 2. The van der Waals surface area contributed by atoms with Gasteiger partial charge in [0.1, 0.15) is 0 Å². The average Bonchev–Trinajstić information content (AvgIpc) is 2.46. The fourth-order valence-electron chi connectivity index (χ4n) is 2.19. The molecular weight excluding hydrogens is 318 g/mol. The monoisotopic (exact) mass is 337 g/mol. The molecule has 0 bridgehead atoms. The summed E-state index contributed by atoms with van der Waals surface area (Å²) < 4.78 is 1.04. The van der Waals surface area contributed by atoms with Gasteiger partial charge in [-0.1, -0.05) is 22.9 Å². The number of anilines is 1. The van der Waals surface area contributed by atoms with Crippen LogP contribution in [0.25, 0.3) is 10.9 Å². The number of hydrogen-bond donors (Lipinski definition) is 2. The summed E-state index contributed by atoms with van der Waals surface area (Å²) in [6.07, 6.45) is 1.82. The predicted octanol–water partition coefficient (Wildman–Crippen LogP) is 2.72. The van der Waals surface area contributed by atoms with E-state index < -0.39 is 0 Å². The molecule has 2 N–H and O–H groups in total. The van der Waals surface area contributed by atoms with Crippen molar-refractivity contribution >= 4 is 32.5 Å². The van der Waals surface area contributed by atoms with Crippen molar-refractivity contribution in [3.8, 4) is 0 Å². The lowest BCUT2D eigenvalue weighted by Crippen LogP contribution is -2.31. The first kappa shape index (κ1) is 15.2. The van der Waals surface area contributed by atoms with Gasteiger partial charge in [-0.2, -0.15) is 0 Å². The molecular formula is C15H20BrN3O. The maximum Gasteiger partial charge on any atom is 0.0733 e. The van der Waals surface area contributed by atoms with Crippen LogP contribution in [0.2, 0.25) is 0 Å². The molecule has 0 amide bonds. The average molecular weight is 338 g/mol. The van der Waals surface area contributed by atoms with Crippen molar-refractivity contribution in [1.82, 2.24) is 9.88 Å². The van der Waals surface area contributed by atoms with E-state index in [0.29, 0.717) is 0 Å². The fraction of sp³-hybridized carbons (Fsp3) is 0.400. The van der Waals surface area contributed by atoms with Crippen LogP contribution in [0.4, 0.5) is 5.69 Å². The molecule has 0 spiro atoms. The van der Waals surface area contributed by atoms with Crippen LogP contribution in [0.5, 0.6) is 0 Å². The molecule has 5 heteroatoms. The minimum absolute atomic E-state index is 0.208. The van der Waals surface area contributed by atoms with Crippen molar-refractivity contribution < 1.29 is 5.11 Å². The Bertz CT molecular complexity index is 562. The van der Waals surface area contributed by atoms with Crippen LogP contribution < -0.4 is 5.32 Å². The quantitative estimate of drug-likeness (QED) is 0.815. The number of rotatable bonds is 7. The second kappa shape index (κ2) is 7.57. The highest BCUT2D eigenvalue weighted by molar-refractivity contribution is 9.10. The molecule has 1 aromatic heterocycles. The van der Waals surface area contributed by atoms with Crippen molar-refractivity contribution in [3.05, 3.63) is 34.9 Å². The van der Waals surface area contributed by atoms with Crippen molar-refractivity contribution in [2.75, 3.05) is 38.1 Å². The Labute approximate surface area is 127 Å². The van der Waals surface area contributed by atoms with E-state index in [0.717, 1.165) is 47.2 Å². The first-order chi connectivity index (χ1) is 9.74. The molecule has 108 valence electrons. The normalized spacial score (nSPS) is 11.2. The van der Waals surface area contributed by atoms with E-state index in [1.54, 1.807) is 0 Å². The third-order valence-corrected chi connectivity index (χ3v) is 3.80. The van der Waals surface area contributed by atoms with E-state index in [4.69, 9.17) is 5.11 Å². The van der Waals surface area contributed by atoms with Crippen LogP contribution in [0, 0.1) is 0 Å². The van der Waals surface area contributed by atoms with Crippen LogP contribution in [-0.2, 0) is 0 Å². The van der Waals surface area contributed by atoms with Gasteiger partial charge < -0.3 is 10.4 Å². The summed E-state index contributed by atoms with van der Waals surface area (Å²) in [7, 11) is 0.